The molecule has 0 radical (unpaired) electrons. The Labute approximate surface area is 136 Å². The van der Waals surface area contributed by atoms with Gasteiger partial charge in [0.1, 0.15) is 4.88 Å². The summed E-state index contributed by atoms with van der Waals surface area (Å²) in [6.45, 7) is 0. The first-order valence-corrected chi connectivity index (χ1v) is 8.78. The van der Waals surface area contributed by atoms with Crippen molar-refractivity contribution in [2.45, 2.75) is 16.1 Å². The van der Waals surface area contributed by atoms with Crippen LogP contribution in [0.4, 0.5) is 18.9 Å². The van der Waals surface area contributed by atoms with Crippen LogP contribution in [0.1, 0.15) is 9.67 Å². The first kappa shape index (κ1) is 17.4. The first-order valence-electron chi connectivity index (χ1n) is 5.75. The fourth-order valence-electron chi connectivity index (χ4n) is 1.54. The molecule has 0 saturated carbocycles. The number of aliphatic hydroxyl groups is 1. The number of carbonyl (C=O) groups is 1. The number of amidine groups is 1. The van der Waals surface area contributed by atoms with Crippen molar-refractivity contribution in [3.8, 4) is 0 Å². The predicted octanol–water partition coefficient (Wildman–Crippen LogP) is 3.02. The largest absolute Gasteiger partial charge is 0.465 e. The van der Waals surface area contributed by atoms with Crippen LogP contribution >= 0.6 is 34.9 Å². The number of alkyl halides is 3. The summed E-state index contributed by atoms with van der Waals surface area (Å²) in [5.74, 6) is -1.14. The standard InChI is InChI=1S/C11H11F3N2O3S3/c1-19-7(17)6-3-5(8(20-2)22-6)15-9-16-10(18,4-21-9)11(12,13)14/h3,18H,4H2,1-2H3,(H,15,16). The first-order chi connectivity index (χ1) is 10.2. The number of nitrogens with one attached hydrogen (secondary N) is 1. The molecule has 0 saturated heterocycles. The third kappa shape index (κ3) is 3.36. The Morgan fingerprint density at radius 1 is 1.59 bits per heavy atom. The van der Waals surface area contributed by atoms with Crippen LogP contribution in [0, 0.1) is 0 Å². The van der Waals surface area contributed by atoms with E-state index in [4.69, 9.17) is 0 Å². The van der Waals surface area contributed by atoms with E-state index in [1.165, 1.54) is 24.9 Å². The van der Waals surface area contributed by atoms with E-state index in [-0.39, 0.29) is 5.17 Å². The summed E-state index contributed by atoms with van der Waals surface area (Å²) in [7, 11) is 1.24. The summed E-state index contributed by atoms with van der Waals surface area (Å²) >= 11 is 3.25. The zero-order valence-corrected chi connectivity index (χ0v) is 13.8. The highest BCUT2D eigenvalue weighted by molar-refractivity contribution is 8.14. The maximum atomic E-state index is 12.7. The summed E-state index contributed by atoms with van der Waals surface area (Å²) in [6.07, 6.45) is -3.06. The number of halogens is 3. The van der Waals surface area contributed by atoms with Crippen LogP contribution in [-0.4, -0.2) is 47.3 Å². The van der Waals surface area contributed by atoms with Gasteiger partial charge in [0, 0.05) is 0 Å². The maximum absolute atomic E-state index is 12.7. The normalized spacial score (nSPS) is 21.6. The Balaban J connectivity index is 2.23. The summed E-state index contributed by atoms with van der Waals surface area (Å²) in [6, 6.07) is 1.48. The fourth-order valence-corrected chi connectivity index (χ4v) is 4.20. The zero-order chi connectivity index (χ0) is 16.5. The summed E-state index contributed by atoms with van der Waals surface area (Å²) in [5, 5.41) is 12.2. The molecule has 1 atom stereocenters. The van der Waals surface area contributed by atoms with Crippen molar-refractivity contribution in [2.24, 2.45) is 4.99 Å². The zero-order valence-electron chi connectivity index (χ0n) is 11.4. The molecule has 0 aliphatic carbocycles. The second-order valence-corrected chi connectivity index (χ2v) is 7.24. The number of aliphatic imine (C=N–C) groups is 1. The minimum absolute atomic E-state index is 0.0515. The van der Waals surface area contributed by atoms with Gasteiger partial charge in [0.2, 0.25) is 0 Å². The molecule has 2 heterocycles. The second kappa shape index (κ2) is 6.30. The number of esters is 1. The highest BCUT2D eigenvalue weighted by atomic mass is 32.2. The molecule has 0 fully saturated rings. The van der Waals surface area contributed by atoms with Crippen LogP contribution in [0.15, 0.2) is 15.3 Å². The average molecular weight is 372 g/mol. The van der Waals surface area contributed by atoms with Gasteiger partial charge in [-0.1, -0.05) is 11.8 Å². The van der Waals surface area contributed by atoms with Crippen molar-refractivity contribution in [3.05, 3.63) is 10.9 Å². The maximum Gasteiger partial charge on any atom is 0.439 e. The van der Waals surface area contributed by atoms with Gasteiger partial charge in [0.25, 0.3) is 5.72 Å². The van der Waals surface area contributed by atoms with Crippen LogP contribution in [0.3, 0.4) is 0 Å². The van der Waals surface area contributed by atoms with E-state index in [1.54, 1.807) is 6.26 Å². The Bertz CT molecular complexity index is 617. The van der Waals surface area contributed by atoms with E-state index < -0.39 is 23.6 Å². The molecule has 0 bridgehead atoms. The molecule has 0 amide bonds. The lowest BCUT2D eigenvalue weighted by Gasteiger charge is -2.20. The van der Waals surface area contributed by atoms with Gasteiger partial charge in [-0.2, -0.15) is 13.2 Å². The van der Waals surface area contributed by atoms with Gasteiger partial charge < -0.3 is 15.2 Å². The van der Waals surface area contributed by atoms with Gasteiger partial charge in [0.15, 0.2) is 5.17 Å². The SMILES string of the molecule is COC(=O)c1cc(NC2=NC(O)(C(F)(F)F)CS2)c(SC)s1. The molecule has 1 unspecified atom stereocenters. The molecule has 1 aromatic rings. The van der Waals surface area contributed by atoms with E-state index in [2.05, 4.69) is 15.0 Å². The molecular formula is C11H11F3N2O3S3. The molecule has 2 rings (SSSR count). The Kier molecular flexibility index (Phi) is 5.00. The van der Waals surface area contributed by atoms with Gasteiger partial charge in [-0.05, 0) is 12.3 Å². The molecule has 22 heavy (non-hydrogen) atoms. The molecule has 0 spiro atoms. The van der Waals surface area contributed by atoms with Crippen molar-refractivity contribution in [1.29, 1.82) is 0 Å². The summed E-state index contributed by atoms with van der Waals surface area (Å²) in [4.78, 5) is 15.1. The molecule has 11 heteroatoms. The molecule has 1 aliphatic rings. The smallest absolute Gasteiger partial charge is 0.439 e. The van der Waals surface area contributed by atoms with Gasteiger partial charge in [-0.15, -0.1) is 23.1 Å². The summed E-state index contributed by atoms with van der Waals surface area (Å²) < 4.78 is 43.4. The molecule has 5 nitrogen and oxygen atoms in total. The quantitative estimate of drug-likeness (QED) is 0.628. The van der Waals surface area contributed by atoms with Crippen molar-refractivity contribution >= 4 is 51.7 Å². The summed E-state index contributed by atoms with van der Waals surface area (Å²) in [5.41, 5.74) is -2.63. The van der Waals surface area contributed by atoms with Crippen LogP contribution in [-0.2, 0) is 4.74 Å². The van der Waals surface area contributed by atoms with Crippen LogP contribution in [0.2, 0.25) is 0 Å². The average Bonchev–Trinajstić information content (AvgIpc) is 3.02. The number of thiophene rings is 1. The number of anilines is 1. The fraction of sp³-hybridized carbons (Fsp3) is 0.455. The van der Waals surface area contributed by atoms with E-state index in [1.807, 2.05) is 0 Å². The monoisotopic (exact) mass is 372 g/mol. The molecule has 1 aliphatic heterocycles. The number of thioether (sulfide) groups is 2. The Hall–Kier alpha value is -0.910. The molecule has 2 N–H and O–H groups in total. The second-order valence-electron chi connectivity index (χ2n) is 4.15. The minimum atomic E-state index is -4.84. The van der Waals surface area contributed by atoms with Crippen LogP contribution in [0.5, 0.6) is 0 Å². The number of hydrogen-bond donors (Lipinski definition) is 2. The number of ether oxygens (including phenoxy) is 1. The minimum Gasteiger partial charge on any atom is -0.465 e. The van der Waals surface area contributed by atoms with Crippen molar-refractivity contribution in [3.63, 3.8) is 0 Å². The van der Waals surface area contributed by atoms with E-state index in [0.29, 0.717) is 14.8 Å². The number of rotatable bonds is 3. The number of carbonyl (C=O) groups excluding carboxylic acids is 1. The molecule has 0 aromatic carbocycles. The molecule has 1 aromatic heterocycles. The number of hydrogen-bond acceptors (Lipinski definition) is 8. The van der Waals surface area contributed by atoms with Crippen molar-refractivity contribution in [2.75, 3.05) is 24.4 Å². The lowest BCUT2D eigenvalue weighted by molar-refractivity contribution is -0.245. The number of methoxy groups -OCH3 is 1. The number of nitrogens with zero attached hydrogens (tertiary/aromatic N) is 1. The topological polar surface area (TPSA) is 70.9 Å². The van der Waals surface area contributed by atoms with E-state index in [0.717, 1.165) is 23.1 Å². The lowest BCUT2D eigenvalue weighted by Crippen LogP contribution is -2.43. The van der Waals surface area contributed by atoms with Gasteiger partial charge in [0.05, 0.1) is 22.8 Å². The van der Waals surface area contributed by atoms with Crippen molar-refractivity contribution < 1.29 is 27.8 Å². The van der Waals surface area contributed by atoms with Gasteiger partial charge in [-0.25, -0.2) is 9.79 Å². The van der Waals surface area contributed by atoms with Gasteiger partial charge >= 0.3 is 12.1 Å². The van der Waals surface area contributed by atoms with E-state index >= 15 is 0 Å². The third-order valence-corrected chi connectivity index (χ3v) is 5.93. The third-order valence-electron chi connectivity index (χ3n) is 2.66. The highest BCUT2D eigenvalue weighted by Crippen LogP contribution is 2.41. The predicted molar refractivity (Wildman–Crippen MR) is 82.0 cm³/mol. The highest BCUT2D eigenvalue weighted by Gasteiger charge is 2.57. The van der Waals surface area contributed by atoms with Crippen LogP contribution in [0.25, 0.3) is 0 Å². The Morgan fingerprint density at radius 3 is 2.77 bits per heavy atom. The molecular weight excluding hydrogens is 361 g/mol. The lowest BCUT2D eigenvalue weighted by atomic mass is 10.3. The van der Waals surface area contributed by atoms with Crippen molar-refractivity contribution in [1.82, 2.24) is 0 Å². The van der Waals surface area contributed by atoms with E-state index in [9.17, 15) is 23.1 Å². The Morgan fingerprint density at radius 2 is 2.27 bits per heavy atom. The molecule has 122 valence electrons. The van der Waals surface area contributed by atoms with Crippen LogP contribution < -0.4 is 5.32 Å². The van der Waals surface area contributed by atoms with Gasteiger partial charge in [-0.3, -0.25) is 0 Å².